The number of unbranched alkanes of at least 4 members (excludes halogenated alkanes) is 2. The van der Waals surface area contributed by atoms with E-state index < -0.39 is 5.79 Å². The number of carbonyl (C=O) groups excluding carboxylic acids is 1. The van der Waals surface area contributed by atoms with E-state index in [9.17, 15) is 4.79 Å². The Morgan fingerprint density at radius 1 is 1.44 bits per heavy atom. The van der Waals surface area contributed by atoms with Gasteiger partial charge < -0.3 is 9.47 Å². The summed E-state index contributed by atoms with van der Waals surface area (Å²) in [4.78, 5) is 11.5. The Balaban J connectivity index is 1.98. The molecule has 2 aliphatic rings. The van der Waals surface area contributed by atoms with E-state index in [-0.39, 0.29) is 5.97 Å². The second-order valence-corrected chi connectivity index (χ2v) is 5.44. The molecule has 3 nitrogen and oxygen atoms in total. The van der Waals surface area contributed by atoms with Crippen LogP contribution in [0.1, 0.15) is 58.3 Å². The van der Waals surface area contributed by atoms with Crippen molar-refractivity contribution in [3.63, 3.8) is 0 Å². The fourth-order valence-corrected chi connectivity index (χ4v) is 3.24. The zero-order valence-electron chi connectivity index (χ0n) is 11.3. The van der Waals surface area contributed by atoms with Crippen molar-refractivity contribution in [1.82, 2.24) is 0 Å². The lowest BCUT2D eigenvalue weighted by Crippen LogP contribution is -2.63. The highest BCUT2D eigenvalue weighted by Crippen LogP contribution is 2.50. The SMILES string of the molecule is C=CC(=O)OC1(CCCCC)OC2CCCCC21. The van der Waals surface area contributed by atoms with Crippen LogP contribution in [0.3, 0.4) is 0 Å². The van der Waals surface area contributed by atoms with E-state index >= 15 is 0 Å². The fourth-order valence-electron chi connectivity index (χ4n) is 3.24. The molecule has 1 aliphatic carbocycles. The number of hydrogen-bond donors (Lipinski definition) is 0. The lowest BCUT2D eigenvalue weighted by Gasteiger charge is -2.55. The highest BCUT2D eigenvalue weighted by Gasteiger charge is 2.58. The summed E-state index contributed by atoms with van der Waals surface area (Å²) < 4.78 is 11.5. The van der Waals surface area contributed by atoms with Crippen molar-refractivity contribution in [2.24, 2.45) is 5.92 Å². The van der Waals surface area contributed by atoms with Gasteiger partial charge in [-0.3, -0.25) is 0 Å². The lowest BCUT2D eigenvalue weighted by atomic mass is 9.73. The number of esters is 1. The fraction of sp³-hybridized carbons (Fsp3) is 0.800. The summed E-state index contributed by atoms with van der Waals surface area (Å²) in [7, 11) is 0. The second kappa shape index (κ2) is 5.87. The second-order valence-electron chi connectivity index (χ2n) is 5.44. The molecule has 1 aliphatic heterocycles. The van der Waals surface area contributed by atoms with Gasteiger partial charge >= 0.3 is 5.97 Å². The average molecular weight is 252 g/mol. The van der Waals surface area contributed by atoms with Gasteiger partial charge in [-0.2, -0.15) is 0 Å². The third-order valence-corrected chi connectivity index (χ3v) is 4.19. The van der Waals surface area contributed by atoms with Crippen molar-refractivity contribution in [2.75, 3.05) is 0 Å². The first-order valence-electron chi connectivity index (χ1n) is 7.25. The van der Waals surface area contributed by atoms with E-state index in [2.05, 4.69) is 13.5 Å². The molecule has 18 heavy (non-hydrogen) atoms. The van der Waals surface area contributed by atoms with Crippen LogP contribution in [-0.2, 0) is 14.3 Å². The molecule has 1 saturated carbocycles. The van der Waals surface area contributed by atoms with E-state index in [1.807, 2.05) is 0 Å². The highest BCUT2D eigenvalue weighted by molar-refractivity contribution is 5.81. The average Bonchev–Trinajstić information content (AvgIpc) is 2.37. The first-order chi connectivity index (χ1) is 8.72. The molecular weight excluding hydrogens is 228 g/mol. The Hall–Kier alpha value is -0.830. The molecule has 0 aromatic heterocycles. The minimum Gasteiger partial charge on any atom is -0.429 e. The van der Waals surface area contributed by atoms with Gasteiger partial charge in [-0.05, 0) is 19.3 Å². The smallest absolute Gasteiger partial charge is 0.332 e. The zero-order chi connectivity index (χ0) is 13.0. The van der Waals surface area contributed by atoms with E-state index in [1.165, 1.54) is 25.3 Å². The zero-order valence-corrected chi connectivity index (χ0v) is 11.3. The van der Waals surface area contributed by atoms with Crippen molar-refractivity contribution in [1.29, 1.82) is 0 Å². The number of carbonyl (C=O) groups is 1. The maximum Gasteiger partial charge on any atom is 0.332 e. The van der Waals surface area contributed by atoms with Crippen molar-refractivity contribution >= 4 is 5.97 Å². The van der Waals surface area contributed by atoms with Crippen molar-refractivity contribution in [3.05, 3.63) is 12.7 Å². The maximum atomic E-state index is 11.5. The Morgan fingerprint density at radius 2 is 2.22 bits per heavy atom. The van der Waals surface area contributed by atoms with Crippen LogP contribution in [0.4, 0.5) is 0 Å². The molecule has 0 aromatic carbocycles. The van der Waals surface area contributed by atoms with Crippen molar-refractivity contribution < 1.29 is 14.3 Å². The molecule has 0 spiro atoms. The molecule has 1 saturated heterocycles. The Bertz CT molecular complexity index is 313. The summed E-state index contributed by atoms with van der Waals surface area (Å²) in [6.07, 6.45) is 10.5. The molecule has 2 rings (SSSR count). The lowest BCUT2D eigenvalue weighted by molar-refractivity contribution is -0.376. The summed E-state index contributed by atoms with van der Waals surface area (Å²) in [5.41, 5.74) is 0. The van der Waals surface area contributed by atoms with E-state index in [1.54, 1.807) is 0 Å². The van der Waals surface area contributed by atoms with Gasteiger partial charge in [0.25, 0.3) is 0 Å². The van der Waals surface area contributed by atoms with Crippen molar-refractivity contribution in [2.45, 2.75) is 70.2 Å². The summed E-state index contributed by atoms with van der Waals surface area (Å²) in [5.74, 6) is -0.576. The van der Waals surface area contributed by atoms with Crippen LogP contribution in [0.25, 0.3) is 0 Å². The van der Waals surface area contributed by atoms with E-state index in [4.69, 9.17) is 9.47 Å². The number of fused-ring (bicyclic) bond motifs is 1. The van der Waals surface area contributed by atoms with Gasteiger partial charge in [0.1, 0.15) is 0 Å². The molecule has 3 unspecified atom stereocenters. The first-order valence-corrected chi connectivity index (χ1v) is 7.25. The van der Waals surface area contributed by atoms with Gasteiger partial charge in [-0.15, -0.1) is 0 Å². The van der Waals surface area contributed by atoms with E-state index in [0.29, 0.717) is 12.0 Å². The first kappa shape index (κ1) is 13.6. The van der Waals surface area contributed by atoms with Gasteiger partial charge in [0.2, 0.25) is 5.79 Å². The quantitative estimate of drug-likeness (QED) is 0.412. The van der Waals surface area contributed by atoms with Crippen LogP contribution < -0.4 is 0 Å². The van der Waals surface area contributed by atoms with Gasteiger partial charge in [0, 0.05) is 12.5 Å². The molecule has 3 atom stereocenters. The van der Waals surface area contributed by atoms with Crippen LogP contribution in [-0.4, -0.2) is 17.9 Å². The van der Waals surface area contributed by atoms with E-state index in [0.717, 1.165) is 32.1 Å². The minimum absolute atomic E-state index is 0.318. The topological polar surface area (TPSA) is 35.5 Å². The third-order valence-electron chi connectivity index (χ3n) is 4.19. The van der Waals surface area contributed by atoms with Crippen LogP contribution >= 0.6 is 0 Å². The van der Waals surface area contributed by atoms with Gasteiger partial charge in [0.05, 0.1) is 12.0 Å². The third kappa shape index (κ3) is 2.61. The molecule has 0 bridgehead atoms. The normalized spacial score (nSPS) is 34.3. The van der Waals surface area contributed by atoms with Crippen LogP contribution in [0.5, 0.6) is 0 Å². The molecular formula is C15H24O3. The van der Waals surface area contributed by atoms with Crippen LogP contribution in [0.2, 0.25) is 0 Å². The summed E-state index contributed by atoms with van der Waals surface area (Å²) >= 11 is 0. The number of ether oxygens (including phenoxy) is 2. The van der Waals surface area contributed by atoms with Gasteiger partial charge in [-0.25, -0.2) is 4.79 Å². The number of hydrogen-bond acceptors (Lipinski definition) is 3. The molecule has 0 aromatic rings. The molecule has 1 heterocycles. The summed E-state index contributed by atoms with van der Waals surface area (Å²) in [5, 5.41) is 0. The van der Waals surface area contributed by atoms with Gasteiger partial charge in [-0.1, -0.05) is 39.2 Å². The Labute approximate surface area is 110 Å². The highest BCUT2D eigenvalue weighted by atomic mass is 16.7. The molecule has 3 heteroatoms. The predicted octanol–water partition coefficient (Wildman–Crippen LogP) is 3.58. The summed E-state index contributed by atoms with van der Waals surface area (Å²) in [6.45, 7) is 5.65. The maximum absolute atomic E-state index is 11.5. The summed E-state index contributed by atoms with van der Waals surface area (Å²) in [6, 6.07) is 0. The monoisotopic (exact) mass is 252 g/mol. The molecule has 2 fully saturated rings. The Morgan fingerprint density at radius 3 is 2.89 bits per heavy atom. The molecule has 0 radical (unpaired) electrons. The minimum atomic E-state index is -0.633. The molecule has 0 N–H and O–H groups in total. The number of rotatable bonds is 6. The Kier molecular flexibility index (Phi) is 4.44. The van der Waals surface area contributed by atoms with Crippen LogP contribution in [0, 0.1) is 5.92 Å². The molecule has 102 valence electrons. The largest absolute Gasteiger partial charge is 0.429 e. The van der Waals surface area contributed by atoms with Gasteiger partial charge in [0.15, 0.2) is 0 Å². The molecule has 0 amide bonds. The standard InChI is InChI=1S/C15H24O3/c1-3-5-8-11-15(18-14(16)4-2)12-9-6-7-10-13(12)17-15/h4,12-13H,2-3,5-11H2,1H3. The van der Waals surface area contributed by atoms with Crippen LogP contribution in [0.15, 0.2) is 12.7 Å². The van der Waals surface area contributed by atoms with Crippen molar-refractivity contribution in [3.8, 4) is 0 Å². The predicted molar refractivity (Wildman–Crippen MR) is 70.0 cm³/mol.